The van der Waals surface area contributed by atoms with Gasteiger partial charge >= 0.3 is 5.97 Å². The number of alkyl halides is 1. The third-order valence-corrected chi connectivity index (χ3v) is 2.76. The highest BCUT2D eigenvalue weighted by molar-refractivity contribution is 9.10. The SMILES string of the molecule is COCCNC(=O)C(C)NCC(Br)C(=O)OC. The lowest BCUT2D eigenvalue weighted by molar-refractivity contribution is -0.139. The summed E-state index contributed by atoms with van der Waals surface area (Å²) in [4.78, 5) is 22.1. The highest BCUT2D eigenvalue weighted by Crippen LogP contribution is 2.00. The van der Waals surface area contributed by atoms with Gasteiger partial charge in [-0.2, -0.15) is 0 Å². The Morgan fingerprint density at radius 1 is 1.35 bits per heavy atom. The summed E-state index contributed by atoms with van der Waals surface area (Å²) in [5.74, 6) is -0.504. The van der Waals surface area contributed by atoms with Gasteiger partial charge in [0.15, 0.2) is 0 Å². The number of carbonyl (C=O) groups excluding carboxylic acids is 2. The van der Waals surface area contributed by atoms with Crippen LogP contribution in [-0.2, 0) is 19.1 Å². The molecule has 6 nitrogen and oxygen atoms in total. The number of hydrogen-bond donors (Lipinski definition) is 2. The van der Waals surface area contributed by atoms with Crippen molar-refractivity contribution in [2.45, 2.75) is 17.8 Å². The Morgan fingerprint density at radius 2 is 2.00 bits per heavy atom. The molecule has 0 aliphatic rings. The van der Waals surface area contributed by atoms with Gasteiger partial charge in [-0.3, -0.25) is 9.59 Å². The van der Waals surface area contributed by atoms with Gasteiger partial charge in [0.25, 0.3) is 0 Å². The molecule has 0 fully saturated rings. The maximum absolute atomic E-state index is 11.5. The molecule has 0 bridgehead atoms. The number of ether oxygens (including phenoxy) is 2. The maximum Gasteiger partial charge on any atom is 0.320 e. The Hall–Kier alpha value is -0.660. The molecular formula is C10H19BrN2O4. The third kappa shape index (κ3) is 7.30. The number of esters is 1. The highest BCUT2D eigenvalue weighted by Gasteiger charge is 2.18. The topological polar surface area (TPSA) is 76.7 Å². The van der Waals surface area contributed by atoms with Crippen molar-refractivity contribution >= 4 is 27.8 Å². The molecule has 2 unspecified atom stereocenters. The van der Waals surface area contributed by atoms with Gasteiger partial charge in [-0.05, 0) is 6.92 Å². The van der Waals surface area contributed by atoms with E-state index in [0.29, 0.717) is 19.7 Å². The van der Waals surface area contributed by atoms with Crippen molar-refractivity contribution in [1.29, 1.82) is 0 Å². The predicted molar refractivity (Wildman–Crippen MR) is 67.1 cm³/mol. The van der Waals surface area contributed by atoms with E-state index in [1.54, 1.807) is 14.0 Å². The lowest BCUT2D eigenvalue weighted by atomic mass is 10.3. The van der Waals surface area contributed by atoms with Gasteiger partial charge < -0.3 is 20.1 Å². The third-order valence-electron chi connectivity index (χ3n) is 2.06. The van der Waals surface area contributed by atoms with Crippen LogP contribution in [0.2, 0.25) is 0 Å². The second kappa shape index (κ2) is 9.38. The normalized spacial score (nSPS) is 13.9. The van der Waals surface area contributed by atoms with Crippen LogP contribution in [0.3, 0.4) is 0 Å². The lowest BCUT2D eigenvalue weighted by Gasteiger charge is -2.15. The van der Waals surface area contributed by atoms with E-state index in [2.05, 4.69) is 31.3 Å². The van der Waals surface area contributed by atoms with Crippen molar-refractivity contribution in [3.8, 4) is 0 Å². The van der Waals surface area contributed by atoms with E-state index in [-0.39, 0.29) is 17.9 Å². The molecule has 0 aromatic carbocycles. The quantitative estimate of drug-likeness (QED) is 0.364. The van der Waals surface area contributed by atoms with Gasteiger partial charge in [0, 0.05) is 20.2 Å². The first-order valence-electron chi connectivity index (χ1n) is 5.24. The molecule has 1 amide bonds. The first-order chi connectivity index (χ1) is 8.02. The van der Waals surface area contributed by atoms with Crippen LogP contribution in [0, 0.1) is 0 Å². The molecule has 7 heteroatoms. The second-order valence-corrected chi connectivity index (χ2v) is 4.51. The number of hydrogen-bond acceptors (Lipinski definition) is 5. The molecule has 0 radical (unpaired) electrons. The molecule has 2 N–H and O–H groups in total. The number of halogens is 1. The molecule has 0 heterocycles. The maximum atomic E-state index is 11.5. The highest BCUT2D eigenvalue weighted by atomic mass is 79.9. The fraction of sp³-hybridized carbons (Fsp3) is 0.800. The van der Waals surface area contributed by atoms with Crippen LogP contribution in [0.25, 0.3) is 0 Å². The summed E-state index contributed by atoms with van der Waals surface area (Å²) in [5, 5.41) is 5.62. The molecule has 0 aromatic heterocycles. The first kappa shape index (κ1) is 16.3. The minimum Gasteiger partial charge on any atom is -0.468 e. The van der Waals surface area contributed by atoms with Crippen molar-refractivity contribution in [2.75, 3.05) is 33.9 Å². The van der Waals surface area contributed by atoms with Crippen molar-refractivity contribution in [3.63, 3.8) is 0 Å². The van der Waals surface area contributed by atoms with E-state index in [1.807, 2.05) is 0 Å². The summed E-state index contributed by atoms with van der Waals surface area (Å²) >= 11 is 3.16. The molecule has 0 saturated heterocycles. The Bertz CT molecular complexity index is 250. The second-order valence-electron chi connectivity index (χ2n) is 3.40. The van der Waals surface area contributed by atoms with Gasteiger partial charge in [-0.25, -0.2) is 0 Å². The van der Waals surface area contributed by atoms with Gasteiger partial charge in [-0.1, -0.05) is 15.9 Å². The molecule has 0 aromatic rings. The molecule has 0 rings (SSSR count). The van der Waals surface area contributed by atoms with Gasteiger partial charge in [0.05, 0.1) is 19.8 Å². The number of methoxy groups -OCH3 is 2. The van der Waals surface area contributed by atoms with E-state index in [0.717, 1.165) is 0 Å². The number of nitrogens with one attached hydrogen (secondary N) is 2. The molecule has 0 aliphatic carbocycles. The van der Waals surface area contributed by atoms with Crippen LogP contribution < -0.4 is 10.6 Å². The summed E-state index contributed by atoms with van der Waals surface area (Å²) in [5.41, 5.74) is 0. The largest absolute Gasteiger partial charge is 0.468 e. The summed E-state index contributed by atoms with van der Waals surface area (Å²) in [6.07, 6.45) is 0. The van der Waals surface area contributed by atoms with Crippen LogP contribution in [0.1, 0.15) is 6.92 Å². The molecular weight excluding hydrogens is 292 g/mol. The zero-order valence-corrected chi connectivity index (χ0v) is 11.9. The van der Waals surface area contributed by atoms with E-state index in [9.17, 15) is 9.59 Å². The average molecular weight is 311 g/mol. The van der Waals surface area contributed by atoms with E-state index in [4.69, 9.17) is 4.74 Å². The van der Waals surface area contributed by atoms with E-state index < -0.39 is 4.83 Å². The van der Waals surface area contributed by atoms with Crippen LogP contribution in [-0.4, -0.2) is 56.7 Å². The molecule has 0 spiro atoms. The average Bonchev–Trinajstić information content (AvgIpc) is 2.34. The first-order valence-corrected chi connectivity index (χ1v) is 6.16. The monoisotopic (exact) mass is 310 g/mol. The van der Waals surface area contributed by atoms with E-state index >= 15 is 0 Å². The standard InChI is InChI=1S/C10H19BrN2O4/c1-7(9(14)12-4-5-16-2)13-6-8(11)10(15)17-3/h7-8,13H,4-6H2,1-3H3,(H,12,14). The fourth-order valence-electron chi connectivity index (χ4n) is 1.01. The van der Waals surface area contributed by atoms with Crippen LogP contribution in [0.5, 0.6) is 0 Å². The molecule has 0 aliphatic heterocycles. The van der Waals surface area contributed by atoms with Crippen molar-refractivity contribution in [3.05, 3.63) is 0 Å². The molecule has 2 atom stereocenters. The zero-order chi connectivity index (χ0) is 13.3. The van der Waals surface area contributed by atoms with Gasteiger partial charge in [0.2, 0.25) is 5.91 Å². The Labute approximate surface area is 110 Å². The van der Waals surface area contributed by atoms with Crippen LogP contribution in [0.15, 0.2) is 0 Å². The summed E-state index contributed by atoms with van der Waals surface area (Å²) in [6, 6.07) is -0.378. The van der Waals surface area contributed by atoms with Gasteiger partial charge in [-0.15, -0.1) is 0 Å². The Kier molecular flexibility index (Phi) is 9.01. The summed E-state index contributed by atoms with van der Waals surface area (Å²) < 4.78 is 9.35. The zero-order valence-electron chi connectivity index (χ0n) is 10.3. The van der Waals surface area contributed by atoms with Crippen molar-refractivity contribution in [2.24, 2.45) is 0 Å². The number of carbonyl (C=O) groups is 2. The number of rotatable bonds is 8. The lowest BCUT2D eigenvalue weighted by Crippen LogP contribution is -2.45. The van der Waals surface area contributed by atoms with Gasteiger partial charge in [0.1, 0.15) is 4.83 Å². The fourth-order valence-corrected chi connectivity index (χ4v) is 1.39. The minimum atomic E-state index is -0.457. The Balaban J connectivity index is 3.80. The van der Waals surface area contributed by atoms with E-state index in [1.165, 1.54) is 7.11 Å². The van der Waals surface area contributed by atoms with Crippen LogP contribution >= 0.6 is 15.9 Å². The molecule has 100 valence electrons. The summed E-state index contributed by atoms with van der Waals surface area (Å²) in [7, 11) is 2.89. The Morgan fingerprint density at radius 3 is 2.53 bits per heavy atom. The molecule has 0 saturated carbocycles. The summed E-state index contributed by atoms with van der Waals surface area (Å²) in [6.45, 7) is 2.99. The van der Waals surface area contributed by atoms with Crippen LogP contribution in [0.4, 0.5) is 0 Å². The van der Waals surface area contributed by atoms with Crippen molar-refractivity contribution in [1.82, 2.24) is 10.6 Å². The number of amides is 1. The smallest absolute Gasteiger partial charge is 0.320 e. The predicted octanol–water partition coefficient (Wildman–Crippen LogP) is -0.336. The minimum absolute atomic E-state index is 0.133. The molecule has 17 heavy (non-hydrogen) atoms. The van der Waals surface area contributed by atoms with Crippen molar-refractivity contribution < 1.29 is 19.1 Å².